The fraction of sp³-hybridized carbons (Fsp3) is 0.656. The van der Waals surface area contributed by atoms with Gasteiger partial charge in [-0.05, 0) is 78.9 Å². The number of carbonyl (C=O) groups excluding carboxylic acids is 1. The van der Waals surface area contributed by atoms with Crippen LogP contribution in [0, 0.1) is 37.5 Å². The number of allylic oxidation sites excluding steroid dienone is 2. The van der Waals surface area contributed by atoms with Crippen molar-refractivity contribution >= 4 is 63.4 Å². The van der Waals surface area contributed by atoms with Gasteiger partial charge in [0.15, 0.2) is 0 Å². The number of hydrogen-bond donors (Lipinski definition) is 2. The van der Waals surface area contributed by atoms with Crippen molar-refractivity contribution in [1.29, 1.82) is 0 Å². The molecule has 4 rings (SSSR count). The zero-order chi connectivity index (χ0) is 58.6. The number of carboxylic acid groups (broad SMARTS) is 1. The summed E-state index contributed by atoms with van der Waals surface area (Å²) in [4.78, 5) is 42.9. The predicted octanol–water partition coefficient (Wildman–Crippen LogP) is 10.6. The molecule has 0 saturated carbocycles. The maximum atomic E-state index is 10.7. The van der Waals surface area contributed by atoms with Crippen molar-refractivity contribution in [2.75, 3.05) is 62.2 Å². The second kappa shape index (κ2) is 41.2. The Morgan fingerprint density at radius 1 is 0.603 bits per heavy atom. The predicted molar refractivity (Wildman–Crippen MR) is 330 cm³/mol. The van der Waals surface area contributed by atoms with Crippen LogP contribution >= 0.6 is 0 Å². The van der Waals surface area contributed by atoms with E-state index in [-0.39, 0.29) is 18.0 Å². The average molecular weight is 1070 g/mol. The van der Waals surface area contributed by atoms with Gasteiger partial charge in [-0.1, -0.05) is 48.8 Å². The Morgan fingerprint density at radius 2 is 0.987 bits per heavy atom. The first-order valence-corrected chi connectivity index (χ1v) is 28.7. The summed E-state index contributed by atoms with van der Waals surface area (Å²) < 4.78 is 30.4. The fourth-order valence-corrected chi connectivity index (χ4v) is 9.58. The number of benzene rings is 2. The molecule has 0 aromatic heterocycles. The molecule has 14 nitrogen and oxygen atoms in total. The molecule has 78 heavy (non-hydrogen) atoms. The number of nitrogens with zero attached hydrogens (tertiary/aromatic N) is 7. The van der Waals surface area contributed by atoms with Gasteiger partial charge in [-0.25, -0.2) is 0 Å². The molecule has 0 amide bonds. The van der Waals surface area contributed by atoms with Gasteiger partial charge in [0.05, 0.1) is 0 Å². The summed E-state index contributed by atoms with van der Waals surface area (Å²) in [5.41, 5.74) is 14.4. The van der Waals surface area contributed by atoms with Crippen LogP contribution < -0.4 is 15.5 Å². The summed E-state index contributed by atoms with van der Waals surface area (Å²) in [6, 6.07) is 18.5. The molecule has 0 bridgehead atoms. The number of carbonyl (C=O) groups is 2. The van der Waals surface area contributed by atoms with Gasteiger partial charge in [-0.2, -0.15) is 0 Å². The Labute approximate surface area is 474 Å². The van der Waals surface area contributed by atoms with E-state index in [1.165, 1.54) is 52.6 Å². The number of anilines is 2. The Morgan fingerprint density at radius 3 is 1.35 bits per heavy atom. The second-order valence-corrected chi connectivity index (χ2v) is 23.4. The molecule has 2 aromatic carbocycles. The number of piperidine rings is 2. The van der Waals surface area contributed by atoms with Crippen LogP contribution in [-0.4, -0.2) is 156 Å². The van der Waals surface area contributed by atoms with Crippen molar-refractivity contribution in [2.45, 2.75) is 185 Å². The van der Waals surface area contributed by atoms with Crippen molar-refractivity contribution < 1.29 is 28.8 Å². The van der Waals surface area contributed by atoms with Crippen LogP contribution in [0.1, 0.15) is 146 Å². The van der Waals surface area contributed by atoms with Crippen LogP contribution in [0.15, 0.2) is 86.8 Å². The molecule has 2 aliphatic rings. The third-order valence-corrected chi connectivity index (χ3v) is 13.5. The molecule has 2 fully saturated rings. The first kappa shape index (κ1) is 71.2. The number of carboxylic acids is 1. The summed E-state index contributed by atoms with van der Waals surface area (Å²) in [7, 11) is 1.86. The summed E-state index contributed by atoms with van der Waals surface area (Å²) in [5.74, 6) is 0.969. The van der Waals surface area contributed by atoms with Crippen LogP contribution in [0.3, 0.4) is 0 Å². The molecule has 2 heterocycles. The fourth-order valence-electron chi connectivity index (χ4n) is 9.58. The Kier molecular flexibility index (Phi) is 37.6. The Hall–Kier alpha value is -4.86. The zero-order valence-corrected chi connectivity index (χ0v) is 50.6. The van der Waals surface area contributed by atoms with Crippen LogP contribution in [0.25, 0.3) is 0 Å². The van der Waals surface area contributed by atoms with Crippen LogP contribution in [0.5, 0.6) is 0 Å². The second-order valence-electron chi connectivity index (χ2n) is 23.4. The van der Waals surface area contributed by atoms with Crippen molar-refractivity contribution in [3.8, 4) is 0 Å². The molecule has 2 aromatic rings. The van der Waals surface area contributed by atoms with E-state index in [9.17, 15) is 23.7 Å². The minimum absolute atomic E-state index is 0.218. The molecule has 0 unspecified atom stereocenters. The Balaban J connectivity index is 0.000000564. The number of rotatable bonds is 28. The van der Waals surface area contributed by atoms with Gasteiger partial charge in [0.2, 0.25) is 0 Å². The van der Waals surface area contributed by atoms with E-state index in [2.05, 4.69) is 164 Å². The summed E-state index contributed by atoms with van der Waals surface area (Å²) in [6.45, 7) is 38.3. The number of likely N-dealkylation sites (tertiary alicyclic amines) is 2. The number of hydrogen-bond acceptors (Lipinski definition) is 13. The van der Waals surface area contributed by atoms with Gasteiger partial charge in [0, 0.05) is 44.0 Å². The quantitative estimate of drug-likeness (QED) is 0.0358. The van der Waals surface area contributed by atoms with Crippen LogP contribution in [-0.2, 0) is 23.7 Å². The zero-order valence-electron chi connectivity index (χ0n) is 50.6. The van der Waals surface area contributed by atoms with E-state index in [0.29, 0.717) is 63.0 Å². The summed E-state index contributed by atoms with van der Waals surface area (Å²) in [5, 5.41) is 8.62. The molecule has 2 aliphatic heterocycles. The summed E-state index contributed by atoms with van der Waals surface area (Å²) in [6.07, 6.45) is 17.1. The van der Waals surface area contributed by atoms with Gasteiger partial charge in [-0.3, -0.25) is 0 Å². The maximum absolute atomic E-state index is 10.7. The monoisotopic (exact) mass is 1070 g/mol. The minimum atomic E-state index is -0.984. The molecular formula is C61H101B3N8O6. The third kappa shape index (κ3) is 32.9. The van der Waals surface area contributed by atoms with Gasteiger partial charge in [0.1, 0.15) is 0 Å². The third-order valence-electron chi connectivity index (χ3n) is 13.5. The molecule has 3 N–H and O–H groups in total. The molecule has 0 radical (unpaired) electrons. The van der Waals surface area contributed by atoms with E-state index in [1.54, 1.807) is 0 Å². The first-order chi connectivity index (χ1) is 37.0. The van der Waals surface area contributed by atoms with E-state index < -0.39 is 12.0 Å². The van der Waals surface area contributed by atoms with Crippen molar-refractivity contribution in [2.24, 2.45) is 44.4 Å². The first-order valence-electron chi connectivity index (χ1n) is 28.7. The topological polar surface area (TPSA) is 182 Å². The molecule has 0 spiro atoms. The van der Waals surface area contributed by atoms with Gasteiger partial charge >= 0.3 is 289 Å². The Bertz CT molecular complexity index is 2130. The molecule has 430 valence electrons. The van der Waals surface area contributed by atoms with Crippen LogP contribution in [0.4, 0.5) is 11.4 Å². The van der Waals surface area contributed by atoms with Gasteiger partial charge in [0.25, 0.3) is 0 Å². The summed E-state index contributed by atoms with van der Waals surface area (Å²) >= 11 is 0. The van der Waals surface area contributed by atoms with Crippen LogP contribution in [0.2, 0.25) is 0 Å². The number of aryl methyl sites for hydroxylation is 2. The van der Waals surface area contributed by atoms with E-state index >= 15 is 0 Å². The van der Waals surface area contributed by atoms with Crippen molar-refractivity contribution in [1.82, 2.24) is 9.80 Å². The number of aldehydes is 1. The van der Waals surface area contributed by atoms with Gasteiger partial charge < -0.3 is 15.5 Å². The standard InChI is InChI=1S/C24H38BN3O.C23H39N3.C7H12BNO3.C7H12BNO2/c1-19(2)10-15-28(23-8-6-21(5)7-9-23)24-11-13-27(14-12-24)17-22(16-20(3)4)26-18-25-29;1-18(2)10-15-26(22-8-6-20(5)7-9-22)23-11-13-25(14-12-23)17-21(24)16-19(3)4;1-5(2)3-6(7(10)11)9-4-8-12;1-6(2)3-7(4-10)9-5-8-11/h6-10,18,20,22,24H,11-17H2,1-5H3;6-10,19,21,23H,11-17,24H2,1-5H3;4-6H,3H2,1-2H3,(H,10,11);4-7H,3H2,1-2H3/t22-;21-;6-;7-/m0000/s1. The van der Waals surface area contributed by atoms with E-state index in [0.717, 1.165) is 104 Å². The average Bonchev–Trinajstić information content (AvgIpc) is 3.37. The van der Waals surface area contributed by atoms with Crippen molar-refractivity contribution in [3.63, 3.8) is 0 Å². The van der Waals surface area contributed by atoms with E-state index in [1.807, 2.05) is 27.7 Å². The molecule has 4 atom stereocenters. The number of aliphatic carboxylic acids is 1. The molecule has 2 saturated heterocycles. The number of aliphatic imine (C=N–C) groups is 3. The number of nitrogens with two attached hydrogens (primary N) is 1. The van der Waals surface area contributed by atoms with Gasteiger partial charge in [-0.15, -0.1) is 0 Å². The van der Waals surface area contributed by atoms with Crippen molar-refractivity contribution in [3.05, 3.63) is 83.0 Å². The normalized spacial score (nSPS) is 15.9. The molecular weight excluding hydrogens is 973 g/mol. The van der Waals surface area contributed by atoms with E-state index in [4.69, 9.17) is 10.8 Å². The SMILES string of the molecule is CC(C)=CCN(c1ccc(C)cc1)C1CCN(C[C@@H](N)CC(C)C)CC1.CC(C)=CCN(c1ccc(C)cc1)C1CCN(C[C@H](CC(C)C)N=CB=O)CC1.CC(C)C[C@@H](C=O)N=CB=O.CC(C)C[C@H](N=CB=O)C(=O)O. The molecule has 0 aliphatic carbocycles. The molecule has 17 heteroatoms.